The summed E-state index contributed by atoms with van der Waals surface area (Å²) >= 11 is 6.37. The Morgan fingerprint density at radius 3 is 2.45 bits per heavy atom. The summed E-state index contributed by atoms with van der Waals surface area (Å²) in [6, 6.07) is 13.4. The van der Waals surface area contributed by atoms with E-state index < -0.39 is 0 Å². The van der Waals surface area contributed by atoms with Crippen LogP contribution in [0.2, 0.25) is 5.02 Å². The van der Waals surface area contributed by atoms with Crippen molar-refractivity contribution in [1.82, 2.24) is 0 Å². The van der Waals surface area contributed by atoms with Gasteiger partial charge in [0.1, 0.15) is 6.61 Å². The van der Waals surface area contributed by atoms with E-state index in [1.165, 1.54) is 0 Å². The van der Waals surface area contributed by atoms with Crippen molar-refractivity contribution in [3.8, 4) is 11.5 Å². The molecular weight excluding hydrogens is 274 g/mol. The van der Waals surface area contributed by atoms with E-state index in [0.29, 0.717) is 23.1 Å². The molecule has 0 aliphatic carbocycles. The monoisotopic (exact) mass is 291 g/mol. The lowest BCUT2D eigenvalue weighted by atomic mass is 10.1. The maximum Gasteiger partial charge on any atom is 0.180 e. The lowest BCUT2D eigenvalue weighted by molar-refractivity contribution is 0.284. The van der Waals surface area contributed by atoms with Crippen molar-refractivity contribution in [1.29, 1.82) is 0 Å². The number of halogens is 1. The average Bonchev–Trinajstić information content (AvgIpc) is 2.46. The van der Waals surface area contributed by atoms with Crippen molar-refractivity contribution < 1.29 is 9.47 Å². The Kier molecular flexibility index (Phi) is 4.88. The Balaban J connectivity index is 2.27. The molecule has 2 N–H and O–H groups in total. The molecule has 0 saturated carbocycles. The van der Waals surface area contributed by atoms with Crippen LogP contribution in [0.15, 0.2) is 42.5 Å². The van der Waals surface area contributed by atoms with Crippen molar-refractivity contribution in [3.63, 3.8) is 0 Å². The van der Waals surface area contributed by atoms with E-state index in [0.717, 1.165) is 11.1 Å². The molecule has 2 rings (SSSR count). The van der Waals surface area contributed by atoms with E-state index in [9.17, 15) is 0 Å². The predicted octanol–water partition coefficient (Wildman–Crippen LogP) is 3.95. The van der Waals surface area contributed by atoms with E-state index in [1.807, 2.05) is 49.4 Å². The summed E-state index contributed by atoms with van der Waals surface area (Å²) in [5.41, 5.74) is 7.81. The number of rotatable bonds is 5. The number of benzene rings is 2. The quantitative estimate of drug-likeness (QED) is 0.907. The van der Waals surface area contributed by atoms with Gasteiger partial charge in [0.15, 0.2) is 11.5 Å². The first-order valence-corrected chi connectivity index (χ1v) is 6.80. The second-order valence-corrected chi connectivity index (χ2v) is 4.94. The van der Waals surface area contributed by atoms with Gasteiger partial charge in [-0.15, -0.1) is 0 Å². The van der Waals surface area contributed by atoms with Crippen LogP contribution in [-0.4, -0.2) is 7.11 Å². The normalized spacial score (nSPS) is 12.0. The molecule has 0 aliphatic heterocycles. The van der Waals surface area contributed by atoms with E-state index in [1.54, 1.807) is 7.11 Å². The smallest absolute Gasteiger partial charge is 0.180 e. The molecular formula is C16H18ClNO2. The summed E-state index contributed by atoms with van der Waals surface area (Å²) in [5, 5.41) is 0.510. The van der Waals surface area contributed by atoms with E-state index >= 15 is 0 Å². The lowest BCUT2D eigenvalue weighted by Crippen LogP contribution is -2.07. The highest BCUT2D eigenvalue weighted by Crippen LogP contribution is 2.39. The van der Waals surface area contributed by atoms with Gasteiger partial charge in [-0.25, -0.2) is 0 Å². The summed E-state index contributed by atoms with van der Waals surface area (Å²) in [6.45, 7) is 2.31. The van der Waals surface area contributed by atoms with Crippen molar-refractivity contribution >= 4 is 11.6 Å². The van der Waals surface area contributed by atoms with Crippen LogP contribution in [0, 0.1) is 0 Å². The van der Waals surface area contributed by atoms with E-state index in [4.69, 9.17) is 26.8 Å². The van der Waals surface area contributed by atoms with Gasteiger partial charge in [0.05, 0.1) is 12.1 Å². The minimum atomic E-state index is -0.160. The Bertz CT molecular complexity index is 570. The zero-order valence-electron chi connectivity index (χ0n) is 11.6. The van der Waals surface area contributed by atoms with Crippen LogP contribution >= 0.6 is 11.6 Å². The average molecular weight is 292 g/mol. The van der Waals surface area contributed by atoms with E-state index in [-0.39, 0.29) is 6.04 Å². The van der Waals surface area contributed by atoms with Crippen molar-refractivity contribution in [2.45, 2.75) is 19.6 Å². The predicted molar refractivity (Wildman–Crippen MR) is 81.4 cm³/mol. The number of ether oxygens (including phenoxy) is 2. The third-order valence-corrected chi connectivity index (χ3v) is 3.42. The molecule has 0 amide bonds. The number of hydrogen-bond donors (Lipinski definition) is 1. The topological polar surface area (TPSA) is 44.5 Å². The van der Waals surface area contributed by atoms with Crippen molar-refractivity contribution in [3.05, 3.63) is 58.6 Å². The largest absolute Gasteiger partial charge is 0.493 e. The molecule has 2 aromatic rings. The second kappa shape index (κ2) is 6.64. The fraction of sp³-hybridized carbons (Fsp3) is 0.250. The zero-order chi connectivity index (χ0) is 14.5. The molecule has 0 bridgehead atoms. The fourth-order valence-corrected chi connectivity index (χ4v) is 2.31. The van der Waals surface area contributed by atoms with E-state index in [2.05, 4.69) is 0 Å². The molecule has 0 heterocycles. The van der Waals surface area contributed by atoms with Gasteiger partial charge in [-0.2, -0.15) is 0 Å². The maximum absolute atomic E-state index is 6.37. The van der Waals surface area contributed by atoms with Gasteiger partial charge >= 0.3 is 0 Å². The van der Waals surface area contributed by atoms with Gasteiger partial charge in [0, 0.05) is 6.04 Å². The summed E-state index contributed by atoms with van der Waals surface area (Å²) in [7, 11) is 1.59. The maximum atomic E-state index is 6.37. The highest BCUT2D eigenvalue weighted by molar-refractivity contribution is 6.33. The van der Waals surface area contributed by atoms with Crippen LogP contribution in [0.4, 0.5) is 0 Å². The minimum absolute atomic E-state index is 0.160. The Morgan fingerprint density at radius 2 is 1.85 bits per heavy atom. The van der Waals surface area contributed by atoms with Crippen molar-refractivity contribution in [2.24, 2.45) is 5.73 Å². The molecule has 1 atom stereocenters. The SMILES string of the molecule is COc1ccc(C(C)N)c(Cl)c1OCc1ccccc1. The Morgan fingerprint density at radius 1 is 1.15 bits per heavy atom. The molecule has 2 aromatic carbocycles. The summed E-state index contributed by atoms with van der Waals surface area (Å²) < 4.78 is 11.1. The van der Waals surface area contributed by atoms with Gasteiger partial charge in [-0.1, -0.05) is 48.0 Å². The molecule has 0 saturated heterocycles. The Labute approximate surface area is 124 Å². The Hall–Kier alpha value is -1.71. The summed E-state index contributed by atoms with van der Waals surface area (Å²) in [6.07, 6.45) is 0. The number of hydrogen-bond acceptors (Lipinski definition) is 3. The van der Waals surface area contributed by atoms with Crippen LogP contribution in [0.3, 0.4) is 0 Å². The first-order chi connectivity index (χ1) is 9.63. The minimum Gasteiger partial charge on any atom is -0.493 e. The third kappa shape index (κ3) is 3.24. The molecule has 20 heavy (non-hydrogen) atoms. The number of nitrogens with two attached hydrogens (primary N) is 1. The first-order valence-electron chi connectivity index (χ1n) is 6.42. The molecule has 0 aliphatic rings. The highest BCUT2D eigenvalue weighted by atomic mass is 35.5. The summed E-state index contributed by atoms with van der Waals surface area (Å²) in [4.78, 5) is 0. The molecule has 4 heteroatoms. The third-order valence-electron chi connectivity index (χ3n) is 3.03. The summed E-state index contributed by atoms with van der Waals surface area (Å²) in [5.74, 6) is 1.14. The molecule has 106 valence electrons. The molecule has 0 aromatic heterocycles. The lowest BCUT2D eigenvalue weighted by Gasteiger charge is -2.16. The van der Waals surface area contributed by atoms with Gasteiger partial charge < -0.3 is 15.2 Å². The van der Waals surface area contributed by atoms with Gasteiger partial charge in [-0.3, -0.25) is 0 Å². The second-order valence-electron chi connectivity index (χ2n) is 4.56. The van der Waals surface area contributed by atoms with Crippen LogP contribution in [0.25, 0.3) is 0 Å². The molecule has 0 radical (unpaired) electrons. The molecule has 0 spiro atoms. The van der Waals surface area contributed by atoms with Crippen LogP contribution in [0.1, 0.15) is 24.1 Å². The molecule has 3 nitrogen and oxygen atoms in total. The van der Waals surface area contributed by atoms with Crippen molar-refractivity contribution in [2.75, 3.05) is 7.11 Å². The van der Waals surface area contributed by atoms with Crippen LogP contribution in [0.5, 0.6) is 11.5 Å². The standard InChI is InChI=1S/C16H18ClNO2/c1-11(18)13-8-9-14(19-2)16(15(13)17)20-10-12-6-4-3-5-7-12/h3-9,11H,10,18H2,1-2H3. The van der Waals surface area contributed by atoms with Gasteiger partial charge in [0.25, 0.3) is 0 Å². The fourth-order valence-electron chi connectivity index (χ4n) is 1.93. The van der Waals surface area contributed by atoms with Crippen LogP contribution < -0.4 is 15.2 Å². The number of methoxy groups -OCH3 is 1. The van der Waals surface area contributed by atoms with Gasteiger partial charge in [0.2, 0.25) is 0 Å². The zero-order valence-corrected chi connectivity index (χ0v) is 12.4. The van der Waals surface area contributed by atoms with Crippen LogP contribution in [-0.2, 0) is 6.61 Å². The molecule has 1 unspecified atom stereocenters. The van der Waals surface area contributed by atoms with Gasteiger partial charge in [-0.05, 0) is 24.1 Å². The highest BCUT2D eigenvalue weighted by Gasteiger charge is 2.16. The first kappa shape index (κ1) is 14.7. The molecule has 0 fully saturated rings.